The molecule has 0 aliphatic heterocycles. The number of benzene rings is 1. The Morgan fingerprint density at radius 2 is 2.10 bits per heavy atom. The zero-order valence-corrected chi connectivity index (χ0v) is 14.5. The number of nitrogen functional groups attached to an aromatic ring is 1. The minimum atomic E-state index is -0.115. The first kappa shape index (κ1) is 14.6. The van der Waals surface area contributed by atoms with Crippen molar-refractivity contribution in [2.75, 3.05) is 5.73 Å². The zero-order chi connectivity index (χ0) is 15.0. The highest BCUT2D eigenvalue weighted by molar-refractivity contribution is 9.10. The fourth-order valence-corrected chi connectivity index (χ4v) is 4.30. The Hall–Kier alpha value is -1.37. The second-order valence-corrected chi connectivity index (χ2v) is 8.02. The molecule has 0 aliphatic carbocycles. The second-order valence-electron chi connectivity index (χ2n) is 4.68. The standard InChI is InChI=1S/C15H13BrN2OS2/c1-8-2-4-10(20-8)7-18-15(19)14-13(17)11-6-9(16)3-5-12(11)21-14/h2-6H,7,17H2,1H3,(H,18,19). The maximum atomic E-state index is 12.3. The van der Waals surface area contributed by atoms with Crippen LogP contribution in [0, 0.1) is 6.92 Å². The van der Waals surface area contributed by atoms with Gasteiger partial charge in [0.2, 0.25) is 0 Å². The quantitative estimate of drug-likeness (QED) is 0.700. The van der Waals surface area contributed by atoms with E-state index in [1.807, 2.05) is 24.3 Å². The first-order valence-corrected chi connectivity index (χ1v) is 8.78. The number of carbonyl (C=O) groups excluding carboxylic acids is 1. The maximum absolute atomic E-state index is 12.3. The largest absolute Gasteiger partial charge is 0.397 e. The van der Waals surface area contributed by atoms with Gasteiger partial charge in [-0.1, -0.05) is 15.9 Å². The molecular formula is C15H13BrN2OS2. The number of hydrogen-bond donors (Lipinski definition) is 2. The lowest BCUT2D eigenvalue weighted by Crippen LogP contribution is -2.22. The highest BCUT2D eigenvalue weighted by atomic mass is 79.9. The van der Waals surface area contributed by atoms with Crippen molar-refractivity contribution in [3.8, 4) is 0 Å². The number of nitrogens with two attached hydrogens (primary N) is 1. The number of hydrogen-bond acceptors (Lipinski definition) is 4. The summed E-state index contributed by atoms with van der Waals surface area (Å²) in [6.07, 6.45) is 0. The van der Waals surface area contributed by atoms with Crippen LogP contribution in [0.4, 0.5) is 5.69 Å². The number of fused-ring (bicyclic) bond motifs is 1. The van der Waals surface area contributed by atoms with Gasteiger partial charge in [-0.2, -0.15) is 0 Å². The number of amides is 1. The number of carbonyl (C=O) groups is 1. The van der Waals surface area contributed by atoms with Crippen LogP contribution in [0.2, 0.25) is 0 Å². The number of nitrogens with one attached hydrogen (secondary N) is 1. The first-order chi connectivity index (χ1) is 10.0. The fourth-order valence-electron chi connectivity index (χ4n) is 2.09. The molecule has 2 aromatic heterocycles. The van der Waals surface area contributed by atoms with Gasteiger partial charge in [0.25, 0.3) is 5.91 Å². The average molecular weight is 381 g/mol. The SMILES string of the molecule is Cc1ccc(CNC(=O)c2sc3ccc(Br)cc3c2N)s1. The van der Waals surface area contributed by atoms with E-state index < -0.39 is 0 Å². The van der Waals surface area contributed by atoms with Crippen LogP contribution < -0.4 is 11.1 Å². The van der Waals surface area contributed by atoms with Crippen LogP contribution in [0.3, 0.4) is 0 Å². The molecule has 0 saturated heterocycles. The molecule has 0 bridgehead atoms. The van der Waals surface area contributed by atoms with Crippen molar-refractivity contribution in [1.82, 2.24) is 5.32 Å². The Morgan fingerprint density at radius 1 is 1.29 bits per heavy atom. The summed E-state index contributed by atoms with van der Waals surface area (Å²) in [7, 11) is 0. The van der Waals surface area contributed by atoms with Gasteiger partial charge in [0.15, 0.2) is 0 Å². The molecule has 3 aromatic rings. The van der Waals surface area contributed by atoms with Crippen molar-refractivity contribution < 1.29 is 4.79 Å². The van der Waals surface area contributed by atoms with Crippen LogP contribution in [-0.4, -0.2) is 5.91 Å². The average Bonchev–Trinajstić information content (AvgIpc) is 3.01. The van der Waals surface area contributed by atoms with Crippen LogP contribution >= 0.6 is 38.6 Å². The molecule has 3 nitrogen and oxygen atoms in total. The smallest absolute Gasteiger partial charge is 0.263 e. The van der Waals surface area contributed by atoms with E-state index in [1.165, 1.54) is 16.2 Å². The van der Waals surface area contributed by atoms with Crippen molar-refractivity contribution in [3.05, 3.63) is 49.4 Å². The van der Waals surface area contributed by atoms with Gasteiger partial charge in [0.1, 0.15) is 4.88 Å². The molecule has 0 atom stereocenters. The Morgan fingerprint density at radius 3 is 2.81 bits per heavy atom. The van der Waals surface area contributed by atoms with Crippen molar-refractivity contribution >= 4 is 60.3 Å². The van der Waals surface area contributed by atoms with Gasteiger partial charge in [-0.3, -0.25) is 4.79 Å². The van der Waals surface area contributed by atoms with E-state index >= 15 is 0 Å². The summed E-state index contributed by atoms with van der Waals surface area (Å²) in [5, 5.41) is 3.86. The van der Waals surface area contributed by atoms with Crippen LogP contribution in [0.15, 0.2) is 34.8 Å². The third-order valence-corrected chi connectivity index (χ3v) is 5.79. The number of thiophene rings is 2. The molecule has 0 radical (unpaired) electrons. The van der Waals surface area contributed by atoms with E-state index in [2.05, 4.69) is 34.2 Å². The van der Waals surface area contributed by atoms with Crippen LogP contribution in [0.25, 0.3) is 10.1 Å². The zero-order valence-electron chi connectivity index (χ0n) is 11.3. The first-order valence-electron chi connectivity index (χ1n) is 6.35. The Labute approximate surface area is 138 Å². The Balaban J connectivity index is 1.82. The molecule has 6 heteroatoms. The summed E-state index contributed by atoms with van der Waals surface area (Å²) in [5.74, 6) is -0.115. The van der Waals surface area contributed by atoms with E-state index in [1.54, 1.807) is 11.3 Å². The second kappa shape index (κ2) is 5.79. The van der Waals surface area contributed by atoms with Gasteiger partial charge in [-0.15, -0.1) is 22.7 Å². The third kappa shape index (κ3) is 2.97. The lowest BCUT2D eigenvalue weighted by molar-refractivity contribution is 0.0956. The lowest BCUT2D eigenvalue weighted by atomic mass is 10.2. The van der Waals surface area contributed by atoms with Crippen LogP contribution in [-0.2, 0) is 6.54 Å². The third-order valence-electron chi connectivity index (χ3n) is 3.11. The van der Waals surface area contributed by atoms with Crippen LogP contribution in [0.1, 0.15) is 19.4 Å². The van der Waals surface area contributed by atoms with Gasteiger partial charge in [0, 0.05) is 24.3 Å². The molecule has 2 heterocycles. The molecule has 3 rings (SSSR count). The minimum absolute atomic E-state index is 0.115. The number of aryl methyl sites for hydroxylation is 1. The minimum Gasteiger partial charge on any atom is -0.397 e. The summed E-state index contributed by atoms with van der Waals surface area (Å²) >= 11 is 6.54. The molecule has 0 saturated carbocycles. The van der Waals surface area contributed by atoms with Crippen LogP contribution in [0.5, 0.6) is 0 Å². The predicted molar refractivity (Wildman–Crippen MR) is 94.2 cm³/mol. The topological polar surface area (TPSA) is 55.1 Å². The van der Waals surface area contributed by atoms with Crippen molar-refractivity contribution in [3.63, 3.8) is 0 Å². The van der Waals surface area contributed by atoms with Gasteiger partial charge >= 0.3 is 0 Å². The molecule has 1 amide bonds. The van der Waals surface area contributed by atoms with Gasteiger partial charge in [0.05, 0.1) is 12.2 Å². The molecule has 3 N–H and O–H groups in total. The number of anilines is 1. The molecule has 1 aromatic carbocycles. The normalized spacial score (nSPS) is 11.0. The summed E-state index contributed by atoms with van der Waals surface area (Å²) in [5.41, 5.74) is 6.67. The van der Waals surface area contributed by atoms with Crippen molar-refractivity contribution in [2.45, 2.75) is 13.5 Å². The summed E-state index contributed by atoms with van der Waals surface area (Å²) < 4.78 is 1.98. The number of halogens is 1. The fraction of sp³-hybridized carbons (Fsp3) is 0.133. The lowest BCUT2D eigenvalue weighted by Gasteiger charge is -2.02. The summed E-state index contributed by atoms with van der Waals surface area (Å²) in [4.78, 5) is 15.3. The highest BCUT2D eigenvalue weighted by Gasteiger charge is 2.16. The molecule has 0 unspecified atom stereocenters. The molecular weight excluding hydrogens is 368 g/mol. The monoisotopic (exact) mass is 380 g/mol. The van der Waals surface area contributed by atoms with E-state index in [-0.39, 0.29) is 5.91 Å². The Kier molecular flexibility index (Phi) is 4.01. The molecule has 0 spiro atoms. The summed E-state index contributed by atoms with van der Waals surface area (Å²) in [6.45, 7) is 2.59. The molecule has 0 aliphatic rings. The van der Waals surface area contributed by atoms with Crippen molar-refractivity contribution in [2.24, 2.45) is 0 Å². The Bertz CT molecular complexity index is 822. The van der Waals surface area contributed by atoms with Crippen molar-refractivity contribution in [1.29, 1.82) is 0 Å². The van der Waals surface area contributed by atoms with Gasteiger partial charge in [-0.05, 0) is 37.3 Å². The van der Waals surface area contributed by atoms with Gasteiger partial charge in [-0.25, -0.2) is 0 Å². The van der Waals surface area contributed by atoms with E-state index in [4.69, 9.17) is 5.73 Å². The predicted octanol–water partition coefficient (Wildman–Crippen LogP) is 4.55. The molecule has 21 heavy (non-hydrogen) atoms. The number of rotatable bonds is 3. The van der Waals surface area contributed by atoms with E-state index in [0.717, 1.165) is 19.4 Å². The van der Waals surface area contributed by atoms with E-state index in [9.17, 15) is 4.79 Å². The highest BCUT2D eigenvalue weighted by Crippen LogP contribution is 2.35. The molecule has 108 valence electrons. The maximum Gasteiger partial charge on any atom is 0.263 e. The van der Waals surface area contributed by atoms with Gasteiger partial charge < -0.3 is 11.1 Å². The van der Waals surface area contributed by atoms with E-state index in [0.29, 0.717) is 17.1 Å². The molecule has 0 fully saturated rings. The summed E-state index contributed by atoms with van der Waals surface area (Å²) in [6, 6.07) is 9.96.